The topological polar surface area (TPSA) is 243 Å². The molecule has 410 valence electrons. The van der Waals surface area contributed by atoms with Crippen LogP contribution in [-0.4, -0.2) is 111 Å². The highest BCUT2D eigenvalue weighted by Crippen LogP contribution is 2.77. The Kier molecular flexibility index (Phi) is 9.52. The van der Waals surface area contributed by atoms with E-state index < -0.39 is 69.7 Å². The summed E-state index contributed by atoms with van der Waals surface area (Å²) < 4.78 is 15.1. The van der Waals surface area contributed by atoms with Gasteiger partial charge in [0.15, 0.2) is 17.5 Å². The van der Waals surface area contributed by atoms with E-state index in [1.807, 2.05) is 6.20 Å². The lowest BCUT2D eigenvalue weighted by molar-refractivity contribution is -0.366. The number of fused-ring (bicyclic) bond motifs is 11. The van der Waals surface area contributed by atoms with Crippen molar-refractivity contribution >= 4 is 33.7 Å². The lowest BCUT2D eigenvalue weighted by atomic mass is 9.50. The number of phenolic OH excluding ortho intramolecular Hbond substituents is 1. The van der Waals surface area contributed by atoms with Crippen molar-refractivity contribution in [2.24, 2.45) is 27.6 Å². The zero-order valence-corrected chi connectivity index (χ0v) is 44.7. The number of rotatable bonds is 1. The van der Waals surface area contributed by atoms with E-state index in [-0.39, 0.29) is 57.0 Å². The van der Waals surface area contributed by atoms with Crippen LogP contribution in [0.15, 0.2) is 60.2 Å². The fraction of sp³-hybridized carbons (Fsp3) is 0.562. The van der Waals surface area contributed by atoms with Gasteiger partial charge < -0.3 is 55.4 Å². The van der Waals surface area contributed by atoms with Gasteiger partial charge in [0.2, 0.25) is 5.78 Å². The lowest BCUT2D eigenvalue weighted by Gasteiger charge is -2.64. The monoisotopic (exact) mass is 1070 g/mol. The highest BCUT2D eigenvalue weighted by molar-refractivity contribution is 6.34. The number of nitrogens with zero attached hydrogens (tertiary/aromatic N) is 2. The minimum atomic E-state index is -2.44. The van der Waals surface area contributed by atoms with Gasteiger partial charge in [-0.1, -0.05) is 44.1 Å². The molecule has 1 saturated heterocycles. The van der Waals surface area contributed by atoms with Crippen LogP contribution in [0, 0.1) is 34.5 Å². The molecule has 0 amide bonds. The van der Waals surface area contributed by atoms with Gasteiger partial charge in [-0.25, -0.2) is 9.97 Å². The van der Waals surface area contributed by atoms with Gasteiger partial charge in [0, 0.05) is 68.9 Å². The van der Waals surface area contributed by atoms with Gasteiger partial charge in [0.25, 0.3) is 5.79 Å². The minimum absolute atomic E-state index is 0.00253. The molecule has 0 unspecified atom stereocenters. The van der Waals surface area contributed by atoms with E-state index in [0.29, 0.717) is 64.9 Å². The molecule has 5 aromatic rings. The van der Waals surface area contributed by atoms with Gasteiger partial charge in [-0.15, -0.1) is 0 Å². The summed E-state index contributed by atoms with van der Waals surface area (Å²) in [6.45, 7) is 1.78. The quantitative estimate of drug-likeness (QED) is 0.0751. The molecule has 0 radical (unpaired) electrons. The number of H-pyrrole nitrogens is 2. The molecule has 6 fully saturated rings. The standard InChI is InChI=1S/C64H69N5O10/c1-31-20-36-45(40(70)21-31)51(73)47-41-22-35-33(46(47)50(36)72)11-19-66-56(35)67-27-43(71)62-29-59(14-6-7-15-59)24-38(62)44-34-10-9-32-8-2-3-16-61(32,42-26-65-30-68-42)53(34)69-49(44)37-23-63(78-41)54(75)52(74)55(76)64(79-63)48(37)39(62)25-60(57(64)77)18-17-58(28-60)12-4-5-13-58/h11,19-23,26,30,32,38,43,52,54-55,57,69-71,74-77H,2-10,12-18,24-25,27-29H2,1H3,(H,65,68)(H,66,67)/t32-,38-,43+,52+,54+,55-,57+,60+,61-,62-,63+,64-/m0/s1. The van der Waals surface area contributed by atoms with E-state index in [4.69, 9.17) is 14.5 Å². The molecule has 8 bridgehead atoms. The Balaban J connectivity index is 1.02. The van der Waals surface area contributed by atoms with Crippen LogP contribution in [0.3, 0.4) is 0 Å². The van der Waals surface area contributed by atoms with Gasteiger partial charge in [0.1, 0.15) is 29.5 Å². The summed E-state index contributed by atoms with van der Waals surface area (Å²) in [6, 6.07) is 6.31. The molecule has 15 nitrogen and oxygen atoms in total. The number of aromatic hydroxyl groups is 1. The summed E-state index contributed by atoms with van der Waals surface area (Å²) in [4.78, 5) is 48.1. The molecule has 7 heterocycles. The Labute approximate surface area is 457 Å². The maximum atomic E-state index is 15.4. The first-order valence-electron chi connectivity index (χ1n) is 29.8. The van der Waals surface area contributed by atoms with E-state index in [1.165, 1.54) is 11.6 Å². The fourth-order valence-corrected chi connectivity index (χ4v) is 20.9. The first kappa shape index (κ1) is 48.1. The average Bonchev–Trinajstić information content (AvgIpc) is 2.48. The van der Waals surface area contributed by atoms with Crippen molar-refractivity contribution in [3.63, 3.8) is 0 Å². The normalized spacial score (nSPS) is 38.6. The van der Waals surface area contributed by atoms with Gasteiger partial charge in [-0.3, -0.25) is 9.59 Å². The number of aromatic amines is 2. The van der Waals surface area contributed by atoms with Crippen molar-refractivity contribution in [2.75, 3.05) is 11.9 Å². The number of anilines is 1. The summed E-state index contributed by atoms with van der Waals surface area (Å²) in [7, 11) is 0. The molecule has 18 rings (SSSR count). The number of hydrogen-bond acceptors (Lipinski definition) is 13. The van der Waals surface area contributed by atoms with E-state index in [1.54, 1.807) is 43.7 Å². The largest absolute Gasteiger partial charge is 0.507 e. The van der Waals surface area contributed by atoms with Crippen LogP contribution < -0.4 is 10.1 Å². The number of aryl methyl sites for hydroxylation is 1. The Morgan fingerprint density at radius 2 is 1.61 bits per heavy atom. The van der Waals surface area contributed by atoms with Crippen LogP contribution in [0.25, 0.3) is 16.3 Å². The molecule has 79 heavy (non-hydrogen) atoms. The molecule has 9 aliphatic carbocycles. The number of hydrogen-bond donors (Lipinski definition) is 9. The average molecular weight is 1070 g/mol. The first-order valence-corrected chi connectivity index (χ1v) is 29.8. The third-order valence-electron chi connectivity index (χ3n) is 23.9. The number of phenols is 1. The maximum absolute atomic E-state index is 15.4. The van der Waals surface area contributed by atoms with Crippen LogP contribution in [0.5, 0.6) is 11.5 Å². The Morgan fingerprint density at radius 1 is 0.810 bits per heavy atom. The van der Waals surface area contributed by atoms with Crippen molar-refractivity contribution in [1.82, 2.24) is 19.9 Å². The van der Waals surface area contributed by atoms with Crippen LogP contribution in [0.1, 0.15) is 194 Å². The summed E-state index contributed by atoms with van der Waals surface area (Å²) in [5.74, 6) is -3.83. The predicted octanol–water partition coefficient (Wildman–Crippen LogP) is 8.54. The molecule has 5 saturated carbocycles. The summed E-state index contributed by atoms with van der Waals surface area (Å²) in [5, 5.41) is 84.1. The number of ketones is 2. The number of carbonyl (C=O) groups is 2. The third kappa shape index (κ3) is 5.71. The SMILES string of the molecule is Cc1cc(O)c2c(c1)C(=O)c1c(c3cc4c(nccc14)NC[C@@H](O)[C@@]14CC5(CCCC5)C[C@H]1c1c([nH]c5c1CC[C@@H]1CCCC[C@]51c1cnc[nH]1)C1=C[C@@]5(O3)O[C@@]3(C1=C4C[C@@]1(CCC4(CCCC4)C1)[C@H]3O)[C@@H](O)[C@H](O)[C@H]5O)C2=O. The molecular formula is C64H69N5O10. The first-order chi connectivity index (χ1) is 38.1. The van der Waals surface area contributed by atoms with Crippen molar-refractivity contribution in [2.45, 2.75) is 189 Å². The molecule has 4 aliphatic heterocycles. The molecule has 2 aromatic carbocycles. The van der Waals surface area contributed by atoms with Crippen molar-refractivity contribution < 1.29 is 49.7 Å². The Hall–Kier alpha value is -5.68. The van der Waals surface area contributed by atoms with Crippen molar-refractivity contribution in [3.05, 3.63) is 116 Å². The second kappa shape index (κ2) is 15.6. The Morgan fingerprint density at radius 3 is 2.41 bits per heavy atom. The van der Waals surface area contributed by atoms with Crippen LogP contribution >= 0.6 is 0 Å². The number of aliphatic hydroxyl groups is 5. The molecule has 9 N–H and O–H groups in total. The highest BCUT2D eigenvalue weighted by atomic mass is 16.7. The predicted molar refractivity (Wildman–Crippen MR) is 290 cm³/mol. The van der Waals surface area contributed by atoms with Crippen LogP contribution in [-0.2, 0) is 16.6 Å². The van der Waals surface area contributed by atoms with E-state index in [9.17, 15) is 30.6 Å². The Bertz CT molecular complexity index is 3630. The van der Waals surface area contributed by atoms with Crippen molar-refractivity contribution in [3.8, 4) is 11.5 Å². The van der Waals surface area contributed by atoms with E-state index in [2.05, 4.69) is 20.3 Å². The number of pyridine rings is 1. The van der Waals surface area contributed by atoms with E-state index >= 15 is 9.59 Å². The van der Waals surface area contributed by atoms with Gasteiger partial charge in [-0.05, 0) is 177 Å². The second-order valence-corrected chi connectivity index (χ2v) is 27.3. The smallest absolute Gasteiger partial charge is 0.261 e. The molecule has 13 aliphatic rings. The summed E-state index contributed by atoms with van der Waals surface area (Å²) >= 11 is 0. The molecule has 6 spiro atoms. The summed E-state index contributed by atoms with van der Waals surface area (Å²) in [6.07, 6.45) is 17.0. The maximum Gasteiger partial charge on any atom is 0.261 e. The molecular weight excluding hydrogens is 999 g/mol. The lowest BCUT2D eigenvalue weighted by Crippen LogP contribution is -2.79. The van der Waals surface area contributed by atoms with Crippen molar-refractivity contribution in [1.29, 1.82) is 0 Å². The number of benzene rings is 2. The van der Waals surface area contributed by atoms with Gasteiger partial charge in [-0.2, -0.15) is 0 Å². The number of imidazole rings is 1. The number of aliphatic hydroxyl groups excluding tert-OH is 5. The van der Waals surface area contributed by atoms with E-state index in [0.717, 1.165) is 131 Å². The molecule has 12 atom stereocenters. The van der Waals surface area contributed by atoms with Gasteiger partial charge in [0.05, 0.1) is 35.1 Å². The zero-order valence-electron chi connectivity index (χ0n) is 44.7. The molecule has 15 heteroatoms. The van der Waals surface area contributed by atoms with Gasteiger partial charge >= 0.3 is 0 Å². The van der Waals surface area contributed by atoms with Crippen LogP contribution in [0.4, 0.5) is 5.82 Å². The second-order valence-electron chi connectivity index (χ2n) is 27.3. The minimum Gasteiger partial charge on any atom is -0.507 e. The number of ether oxygens (including phenoxy) is 2. The zero-order chi connectivity index (χ0) is 53.5. The summed E-state index contributed by atoms with van der Waals surface area (Å²) in [5.41, 5.74) is 2.91. The third-order valence-corrected chi connectivity index (χ3v) is 23.9. The number of aromatic nitrogens is 4. The highest BCUT2D eigenvalue weighted by Gasteiger charge is 2.77. The molecule has 3 aromatic heterocycles. The van der Waals surface area contributed by atoms with Crippen LogP contribution in [0.2, 0.25) is 0 Å². The number of carbonyl (C=O) groups excluding carboxylic acids is 2. The fourth-order valence-electron chi connectivity index (χ4n) is 20.9. The number of nitrogens with one attached hydrogen (secondary N) is 3.